The molecule has 0 spiro atoms. The summed E-state index contributed by atoms with van der Waals surface area (Å²) in [6.45, 7) is 8.40. The van der Waals surface area contributed by atoms with Gasteiger partial charge >= 0.3 is 5.97 Å². The smallest absolute Gasteiger partial charge is 0.308 e. The number of carbonyl (C=O) groups excluding carboxylic acids is 1. The van der Waals surface area contributed by atoms with Crippen LogP contribution in [0.5, 0.6) is 0 Å². The molecule has 0 unspecified atom stereocenters. The average Bonchev–Trinajstić information content (AvgIpc) is 2.24. The third-order valence-corrected chi connectivity index (χ3v) is 1.88. The first-order chi connectivity index (χ1) is 8.45. The van der Waals surface area contributed by atoms with Crippen LogP contribution in [0.4, 0.5) is 0 Å². The Bertz CT molecular complexity index is 210. The second kappa shape index (κ2) is 10.3. The van der Waals surface area contributed by atoms with E-state index in [9.17, 15) is 4.79 Å². The number of hydrogen-bond donors (Lipinski definition) is 0. The van der Waals surface area contributed by atoms with E-state index in [-0.39, 0.29) is 5.97 Å². The van der Waals surface area contributed by atoms with Gasteiger partial charge in [0.2, 0.25) is 0 Å². The Morgan fingerprint density at radius 3 is 2.11 bits per heavy atom. The molecule has 18 heavy (non-hydrogen) atoms. The first-order valence-electron chi connectivity index (χ1n) is 6.32. The zero-order chi connectivity index (χ0) is 13.9. The lowest BCUT2D eigenvalue weighted by molar-refractivity contribution is -0.156. The average molecular weight is 262 g/mol. The molecule has 0 N–H and O–H groups in total. The maximum atomic E-state index is 11.3. The second-order valence-corrected chi connectivity index (χ2v) is 4.91. The topological polar surface area (TPSA) is 54.0 Å². The fourth-order valence-electron chi connectivity index (χ4n) is 1.16. The lowest BCUT2D eigenvalue weighted by Gasteiger charge is -2.19. The largest absolute Gasteiger partial charge is 0.460 e. The highest BCUT2D eigenvalue weighted by Gasteiger charge is 2.15. The van der Waals surface area contributed by atoms with E-state index in [1.807, 2.05) is 20.8 Å². The summed E-state index contributed by atoms with van der Waals surface area (Å²) in [6.07, 6.45) is 1.11. The molecule has 5 nitrogen and oxygen atoms in total. The highest BCUT2D eigenvalue weighted by Crippen LogP contribution is 2.08. The van der Waals surface area contributed by atoms with E-state index < -0.39 is 5.60 Å². The van der Waals surface area contributed by atoms with Gasteiger partial charge in [0.25, 0.3) is 0 Å². The minimum absolute atomic E-state index is 0.223. The minimum Gasteiger partial charge on any atom is -0.460 e. The molecular formula is C13H26O5. The van der Waals surface area contributed by atoms with Crippen molar-refractivity contribution in [3.63, 3.8) is 0 Å². The lowest BCUT2D eigenvalue weighted by atomic mass is 10.2. The van der Waals surface area contributed by atoms with Gasteiger partial charge in [-0.05, 0) is 27.2 Å². The van der Waals surface area contributed by atoms with Gasteiger partial charge in [-0.1, -0.05) is 0 Å². The van der Waals surface area contributed by atoms with Crippen molar-refractivity contribution in [2.24, 2.45) is 0 Å². The Morgan fingerprint density at radius 2 is 1.56 bits per heavy atom. The van der Waals surface area contributed by atoms with Crippen LogP contribution in [-0.4, -0.2) is 51.7 Å². The quantitative estimate of drug-likeness (QED) is 0.444. The number of ether oxygens (including phenoxy) is 4. The molecule has 0 aromatic carbocycles. The van der Waals surface area contributed by atoms with Gasteiger partial charge in [0.1, 0.15) is 5.60 Å². The van der Waals surface area contributed by atoms with E-state index in [1.165, 1.54) is 0 Å². The normalized spacial score (nSPS) is 11.6. The summed E-state index contributed by atoms with van der Waals surface area (Å²) in [5, 5.41) is 0. The fourth-order valence-corrected chi connectivity index (χ4v) is 1.16. The summed E-state index contributed by atoms with van der Waals surface area (Å²) in [7, 11) is 1.64. The van der Waals surface area contributed by atoms with Crippen LogP contribution in [0.25, 0.3) is 0 Å². The van der Waals surface area contributed by atoms with Crippen molar-refractivity contribution in [3.8, 4) is 0 Å². The first kappa shape index (κ1) is 17.4. The molecule has 0 heterocycles. The number of rotatable bonds is 10. The van der Waals surface area contributed by atoms with Crippen molar-refractivity contribution in [2.75, 3.05) is 40.1 Å². The fraction of sp³-hybridized carbons (Fsp3) is 0.923. The van der Waals surface area contributed by atoms with Crippen LogP contribution >= 0.6 is 0 Å². The Labute approximate surface area is 110 Å². The molecule has 0 aliphatic heterocycles. The van der Waals surface area contributed by atoms with E-state index >= 15 is 0 Å². The second-order valence-electron chi connectivity index (χ2n) is 4.91. The highest BCUT2D eigenvalue weighted by molar-refractivity contribution is 5.69. The Hall–Kier alpha value is -0.650. The first-order valence-corrected chi connectivity index (χ1v) is 6.32. The summed E-state index contributed by atoms with van der Waals surface area (Å²) < 4.78 is 20.6. The maximum absolute atomic E-state index is 11.3. The number of carbonyl (C=O) groups is 1. The van der Waals surface area contributed by atoms with E-state index in [0.29, 0.717) is 39.5 Å². The molecule has 0 rings (SSSR count). The molecule has 5 heteroatoms. The summed E-state index contributed by atoms with van der Waals surface area (Å²) in [6, 6.07) is 0. The van der Waals surface area contributed by atoms with Crippen molar-refractivity contribution in [3.05, 3.63) is 0 Å². The third kappa shape index (κ3) is 13.4. The van der Waals surface area contributed by atoms with Crippen molar-refractivity contribution >= 4 is 5.97 Å². The Morgan fingerprint density at radius 1 is 0.944 bits per heavy atom. The predicted octanol–water partition coefficient (Wildman–Crippen LogP) is 1.79. The van der Waals surface area contributed by atoms with Gasteiger partial charge in [-0.25, -0.2) is 0 Å². The molecule has 0 aliphatic carbocycles. The van der Waals surface area contributed by atoms with Gasteiger partial charge in [-0.2, -0.15) is 0 Å². The molecule has 0 atom stereocenters. The van der Waals surface area contributed by atoms with E-state index in [4.69, 9.17) is 18.9 Å². The maximum Gasteiger partial charge on any atom is 0.308 e. The van der Waals surface area contributed by atoms with Crippen molar-refractivity contribution in [1.82, 2.24) is 0 Å². The monoisotopic (exact) mass is 262 g/mol. The van der Waals surface area contributed by atoms with Crippen LogP contribution in [0, 0.1) is 0 Å². The summed E-state index contributed by atoms with van der Waals surface area (Å²) in [5.41, 5.74) is -0.424. The zero-order valence-corrected chi connectivity index (χ0v) is 12.0. The van der Waals surface area contributed by atoms with Crippen LogP contribution < -0.4 is 0 Å². The van der Waals surface area contributed by atoms with Gasteiger partial charge in [-0.3, -0.25) is 4.79 Å². The molecule has 108 valence electrons. The molecule has 0 saturated heterocycles. The van der Waals surface area contributed by atoms with Crippen LogP contribution in [0.3, 0.4) is 0 Å². The van der Waals surface area contributed by atoms with E-state index in [1.54, 1.807) is 7.11 Å². The summed E-state index contributed by atoms with van der Waals surface area (Å²) in [5.74, 6) is -0.223. The highest BCUT2D eigenvalue weighted by atomic mass is 16.6. The molecule has 0 aromatic rings. The SMILES string of the molecule is COCCOCCCOCCC(=O)OC(C)(C)C. The molecule has 0 saturated carbocycles. The van der Waals surface area contributed by atoms with E-state index in [2.05, 4.69) is 0 Å². The zero-order valence-electron chi connectivity index (χ0n) is 12.0. The molecular weight excluding hydrogens is 236 g/mol. The van der Waals surface area contributed by atoms with Crippen molar-refractivity contribution < 1.29 is 23.7 Å². The molecule has 0 aliphatic rings. The minimum atomic E-state index is -0.424. The number of esters is 1. The van der Waals surface area contributed by atoms with Crippen molar-refractivity contribution in [1.29, 1.82) is 0 Å². The number of methoxy groups -OCH3 is 1. The van der Waals surface area contributed by atoms with Crippen molar-refractivity contribution in [2.45, 2.75) is 39.2 Å². The number of hydrogen-bond acceptors (Lipinski definition) is 5. The molecule has 0 radical (unpaired) electrons. The predicted molar refractivity (Wildman–Crippen MR) is 68.6 cm³/mol. The molecule has 0 aromatic heterocycles. The van der Waals surface area contributed by atoms with Crippen LogP contribution in [0.1, 0.15) is 33.6 Å². The lowest BCUT2D eigenvalue weighted by Crippen LogP contribution is -2.24. The van der Waals surface area contributed by atoms with Gasteiger partial charge in [0.15, 0.2) is 0 Å². The molecule has 0 bridgehead atoms. The van der Waals surface area contributed by atoms with Gasteiger partial charge in [0, 0.05) is 20.3 Å². The van der Waals surface area contributed by atoms with E-state index in [0.717, 1.165) is 6.42 Å². The summed E-state index contributed by atoms with van der Waals surface area (Å²) >= 11 is 0. The molecule has 0 fully saturated rings. The molecule has 0 amide bonds. The third-order valence-electron chi connectivity index (χ3n) is 1.88. The van der Waals surface area contributed by atoms with Crippen LogP contribution in [-0.2, 0) is 23.7 Å². The van der Waals surface area contributed by atoms with Gasteiger partial charge in [-0.15, -0.1) is 0 Å². The standard InChI is InChI=1S/C13H26O5/c1-13(2,3)18-12(14)6-9-16-7-5-8-17-11-10-15-4/h5-11H2,1-4H3. The summed E-state index contributed by atoms with van der Waals surface area (Å²) in [4.78, 5) is 11.3. The Kier molecular flexibility index (Phi) is 9.92. The van der Waals surface area contributed by atoms with Gasteiger partial charge < -0.3 is 18.9 Å². The van der Waals surface area contributed by atoms with Crippen LogP contribution in [0.2, 0.25) is 0 Å². The van der Waals surface area contributed by atoms with Crippen LogP contribution in [0.15, 0.2) is 0 Å². The Balaban J connectivity index is 3.23. The van der Waals surface area contributed by atoms with Gasteiger partial charge in [0.05, 0.1) is 26.2 Å².